The molecule has 0 atom stereocenters. The van der Waals surface area contributed by atoms with Crippen molar-refractivity contribution in [3.63, 3.8) is 0 Å². The minimum absolute atomic E-state index is 0.105. The van der Waals surface area contributed by atoms with Crippen LogP contribution in [0.3, 0.4) is 0 Å². The fourth-order valence-corrected chi connectivity index (χ4v) is 5.34. The first-order chi connectivity index (χ1) is 15.5. The van der Waals surface area contributed by atoms with Gasteiger partial charge in [-0.3, -0.25) is 4.79 Å². The quantitative estimate of drug-likeness (QED) is 0.583. The first kappa shape index (κ1) is 27.1. The lowest BCUT2D eigenvalue weighted by Gasteiger charge is -2.32. The van der Waals surface area contributed by atoms with E-state index in [1.165, 1.54) is 4.31 Å². The number of nitrogens with one attached hydrogen (secondary N) is 1. The van der Waals surface area contributed by atoms with Crippen LogP contribution in [0.25, 0.3) is 0 Å². The van der Waals surface area contributed by atoms with Crippen molar-refractivity contribution in [2.24, 2.45) is 5.92 Å². The van der Waals surface area contributed by atoms with Crippen molar-refractivity contribution >= 4 is 22.0 Å². The number of sulfonamides is 1. The molecule has 8 nitrogen and oxygen atoms in total. The summed E-state index contributed by atoms with van der Waals surface area (Å²) in [6.45, 7) is 11.9. The summed E-state index contributed by atoms with van der Waals surface area (Å²) in [6.07, 6.45) is 2.25. The van der Waals surface area contributed by atoms with Crippen molar-refractivity contribution in [2.45, 2.75) is 70.8 Å². The maximum atomic E-state index is 12.6. The molecule has 0 bridgehead atoms. The number of carbonyl (C=O) groups excluding carboxylic acids is 2. The van der Waals surface area contributed by atoms with Gasteiger partial charge in [0.25, 0.3) is 0 Å². The van der Waals surface area contributed by atoms with Gasteiger partial charge in [0, 0.05) is 39.1 Å². The summed E-state index contributed by atoms with van der Waals surface area (Å²) in [5.41, 5.74) is 0.429. The number of likely N-dealkylation sites (tertiary alicyclic amines) is 1. The number of piperidine rings is 1. The Hall–Kier alpha value is -2.13. The van der Waals surface area contributed by atoms with Crippen LogP contribution in [0.15, 0.2) is 29.2 Å². The fraction of sp³-hybridized carbons (Fsp3) is 0.667. The lowest BCUT2D eigenvalue weighted by Crippen LogP contribution is -2.42. The minimum Gasteiger partial charge on any atom is -0.444 e. The van der Waals surface area contributed by atoms with E-state index in [0.29, 0.717) is 51.5 Å². The SMILES string of the molecule is CCN(CC)S(=O)(=O)c1ccc(CCC(=O)N2CCC(CNC(=O)OC(C)(C)C)CC2)cc1. The van der Waals surface area contributed by atoms with E-state index in [2.05, 4.69) is 5.32 Å². The van der Waals surface area contributed by atoms with Crippen LogP contribution < -0.4 is 5.32 Å². The van der Waals surface area contributed by atoms with Crippen molar-refractivity contribution in [1.29, 1.82) is 0 Å². The molecule has 0 aromatic heterocycles. The molecule has 0 spiro atoms. The zero-order chi connectivity index (χ0) is 24.6. The van der Waals surface area contributed by atoms with Gasteiger partial charge in [-0.2, -0.15) is 4.31 Å². The molecule has 2 amide bonds. The summed E-state index contributed by atoms with van der Waals surface area (Å²) >= 11 is 0. The van der Waals surface area contributed by atoms with Crippen LogP contribution in [-0.4, -0.2) is 67.9 Å². The van der Waals surface area contributed by atoms with Crippen LogP contribution in [-0.2, 0) is 26.0 Å². The summed E-state index contributed by atoms with van der Waals surface area (Å²) < 4.78 is 31.9. The molecule has 0 aliphatic carbocycles. The predicted molar refractivity (Wildman–Crippen MR) is 128 cm³/mol. The van der Waals surface area contributed by atoms with E-state index in [9.17, 15) is 18.0 Å². The predicted octanol–water partition coefficient (Wildman–Crippen LogP) is 3.41. The highest BCUT2D eigenvalue weighted by Gasteiger charge is 2.24. The van der Waals surface area contributed by atoms with E-state index >= 15 is 0 Å². The number of alkyl carbamates (subject to hydrolysis) is 1. The topological polar surface area (TPSA) is 96.0 Å². The number of aryl methyl sites for hydroxylation is 1. The molecule has 1 heterocycles. The zero-order valence-corrected chi connectivity index (χ0v) is 21.4. The Morgan fingerprint density at radius 1 is 1.09 bits per heavy atom. The molecule has 1 aromatic carbocycles. The van der Waals surface area contributed by atoms with Crippen LogP contribution >= 0.6 is 0 Å². The van der Waals surface area contributed by atoms with Crippen LogP contribution in [0.5, 0.6) is 0 Å². The third-order valence-corrected chi connectivity index (χ3v) is 7.86. The molecule has 0 unspecified atom stereocenters. The van der Waals surface area contributed by atoms with E-state index in [1.54, 1.807) is 24.3 Å². The van der Waals surface area contributed by atoms with Gasteiger partial charge in [0.15, 0.2) is 0 Å². The molecular weight excluding hydrogens is 442 g/mol. The van der Waals surface area contributed by atoms with Crippen molar-refractivity contribution in [3.8, 4) is 0 Å². The normalized spacial score (nSPS) is 15.5. The number of rotatable bonds is 9. The van der Waals surface area contributed by atoms with Gasteiger partial charge in [-0.05, 0) is 63.6 Å². The summed E-state index contributed by atoms with van der Waals surface area (Å²) in [4.78, 5) is 26.6. The molecule has 1 N–H and O–H groups in total. The average molecular weight is 482 g/mol. The molecule has 1 aliphatic heterocycles. The van der Waals surface area contributed by atoms with Crippen LogP contribution in [0.4, 0.5) is 4.79 Å². The molecule has 2 rings (SSSR count). The smallest absolute Gasteiger partial charge is 0.407 e. The van der Waals surface area contributed by atoms with Gasteiger partial charge in [-0.1, -0.05) is 26.0 Å². The Balaban J connectivity index is 1.77. The fourth-order valence-electron chi connectivity index (χ4n) is 3.88. The monoisotopic (exact) mass is 481 g/mol. The second-order valence-electron chi connectivity index (χ2n) is 9.44. The molecule has 1 fully saturated rings. The number of ether oxygens (including phenoxy) is 1. The van der Waals surface area contributed by atoms with Gasteiger partial charge >= 0.3 is 6.09 Å². The van der Waals surface area contributed by atoms with Crippen LogP contribution in [0.1, 0.15) is 59.4 Å². The summed E-state index contributed by atoms with van der Waals surface area (Å²) in [7, 11) is -3.47. The lowest BCUT2D eigenvalue weighted by molar-refractivity contribution is -0.132. The molecule has 186 valence electrons. The molecular formula is C24H39N3O5S. The molecule has 33 heavy (non-hydrogen) atoms. The van der Waals surface area contributed by atoms with E-state index < -0.39 is 21.7 Å². The Morgan fingerprint density at radius 2 is 1.67 bits per heavy atom. The van der Waals surface area contributed by atoms with Gasteiger partial charge in [0.2, 0.25) is 15.9 Å². The third-order valence-electron chi connectivity index (χ3n) is 5.80. The Bertz CT molecular complexity index is 882. The van der Waals surface area contributed by atoms with Crippen molar-refractivity contribution in [3.05, 3.63) is 29.8 Å². The Morgan fingerprint density at radius 3 is 2.18 bits per heavy atom. The van der Waals surface area contributed by atoms with Gasteiger partial charge < -0.3 is 15.0 Å². The van der Waals surface area contributed by atoms with Gasteiger partial charge in [-0.25, -0.2) is 13.2 Å². The standard InChI is InChI=1S/C24H39N3O5S/c1-6-27(7-2)33(30,31)21-11-8-19(9-12-21)10-13-22(28)26-16-14-20(15-17-26)18-25-23(29)32-24(3,4)5/h8-9,11-12,20H,6-7,10,13-18H2,1-5H3,(H,25,29). The number of amides is 2. The number of nitrogens with zero attached hydrogens (tertiary/aromatic N) is 2. The van der Waals surface area contributed by atoms with Crippen LogP contribution in [0.2, 0.25) is 0 Å². The van der Waals surface area contributed by atoms with Crippen molar-refractivity contribution in [1.82, 2.24) is 14.5 Å². The highest BCUT2D eigenvalue weighted by atomic mass is 32.2. The number of benzene rings is 1. The average Bonchev–Trinajstić information content (AvgIpc) is 2.76. The second-order valence-corrected chi connectivity index (χ2v) is 11.4. The summed E-state index contributed by atoms with van der Waals surface area (Å²) in [5, 5.41) is 2.82. The van der Waals surface area contributed by atoms with E-state index in [1.807, 2.05) is 39.5 Å². The third kappa shape index (κ3) is 8.30. The minimum atomic E-state index is -3.47. The number of carbonyl (C=O) groups is 2. The molecule has 0 saturated carbocycles. The molecule has 1 aliphatic rings. The van der Waals surface area contributed by atoms with E-state index in [-0.39, 0.29) is 10.8 Å². The number of hydrogen-bond acceptors (Lipinski definition) is 5. The molecule has 1 aromatic rings. The lowest BCUT2D eigenvalue weighted by atomic mass is 9.96. The van der Waals surface area contributed by atoms with E-state index in [0.717, 1.165) is 18.4 Å². The first-order valence-corrected chi connectivity index (χ1v) is 13.2. The van der Waals surface area contributed by atoms with Crippen molar-refractivity contribution < 1.29 is 22.7 Å². The summed E-state index contributed by atoms with van der Waals surface area (Å²) in [5.74, 6) is 0.440. The highest BCUT2D eigenvalue weighted by Crippen LogP contribution is 2.20. The molecule has 9 heteroatoms. The zero-order valence-electron chi connectivity index (χ0n) is 20.6. The largest absolute Gasteiger partial charge is 0.444 e. The maximum Gasteiger partial charge on any atom is 0.407 e. The summed E-state index contributed by atoms with van der Waals surface area (Å²) in [6, 6.07) is 6.82. The van der Waals surface area contributed by atoms with E-state index in [4.69, 9.17) is 4.74 Å². The van der Waals surface area contributed by atoms with Crippen molar-refractivity contribution in [2.75, 3.05) is 32.7 Å². The first-order valence-electron chi connectivity index (χ1n) is 11.8. The second kappa shape index (κ2) is 11.8. The Kier molecular flexibility index (Phi) is 9.72. The van der Waals surface area contributed by atoms with Gasteiger partial charge in [0.05, 0.1) is 4.90 Å². The molecule has 0 radical (unpaired) electrons. The number of hydrogen-bond donors (Lipinski definition) is 1. The molecule has 1 saturated heterocycles. The Labute approximate surface area is 198 Å². The van der Waals surface area contributed by atoms with Crippen LogP contribution in [0, 0.1) is 5.92 Å². The van der Waals surface area contributed by atoms with Gasteiger partial charge in [-0.15, -0.1) is 0 Å². The maximum absolute atomic E-state index is 12.6. The highest BCUT2D eigenvalue weighted by molar-refractivity contribution is 7.89. The van der Waals surface area contributed by atoms with Gasteiger partial charge in [0.1, 0.15) is 5.60 Å².